The smallest absolute Gasteiger partial charge is 0.339 e. The molecule has 5 rings (SSSR count). The topological polar surface area (TPSA) is 94.7 Å². The van der Waals surface area contributed by atoms with Crippen LogP contribution in [0.15, 0.2) is 91.0 Å². The van der Waals surface area contributed by atoms with E-state index in [-0.39, 0.29) is 17.1 Å². The van der Waals surface area contributed by atoms with Crippen LogP contribution in [0.25, 0.3) is 21.9 Å². The van der Waals surface area contributed by atoms with Crippen LogP contribution >= 0.6 is 0 Å². The lowest BCUT2D eigenvalue weighted by Gasteiger charge is -2.13. The van der Waals surface area contributed by atoms with Gasteiger partial charge in [0.25, 0.3) is 11.8 Å². The van der Waals surface area contributed by atoms with Crippen molar-refractivity contribution in [3.05, 3.63) is 114 Å². The van der Waals surface area contributed by atoms with Crippen molar-refractivity contribution in [3.63, 3.8) is 0 Å². The summed E-state index contributed by atoms with van der Waals surface area (Å²) in [5.74, 6) is -4.45. The number of carbonyl (C=O) groups is 1. The molecule has 0 spiro atoms. The minimum Gasteiger partial charge on any atom is -0.478 e. The van der Waals surface area contributed by atoms with Crippen molar-refractivity contribution in [1.29, 1.82) is 0 Å². The van der Waals surface area contributed by atoms with E-state index in [0.29, 0.717) is 23.4 Å². The number of halogens is 2. The maximum absolute atomic E-state index is 14.6. The minimum atomic E-state index is -1.27. The second-order valence-electron chi connectivity index (χ2n) is 8.20. The molecule has 0 saturated carbocycles. The summed E-state index contributed by atoms with van der Waals surface area (Å²) in [4.78, 5) is 15.7. The van der Waals surface area contributed by atoms with Gasteiger partial charge in [-0.3, -0.25) is 0 Å². The highest BCUT2D eigenvalue weighted by Crippen LogP contribution is 2.34. The molecule has 0 radical (unpaired) electrons. The lowest BCUT2D eigenvalue weighted by Crippen LogP contribution is -2.03. The summed E-state index contributed by atoms with van der Waals surface area (Å²) in [6.07, 6.45) is 0. The Kier molecular flexibility index (Phi) is 6.49. The molecule has 0 atom stereocenters. The van der Waals surface area contributed by atoms with Crippen LogP contribution in [-0.2, 0) is 6.54 Å². The molecule has 5 aromatic rings. The number of carboxylic acids is 1. The molecule has 0 aliphatic heterocycles. The second-order valence-corrected chi connectivity index (χ2v) is 8.20. The first-order chi connectivity index (χ1) is 17.9. The Morgan fingerprint density at radius 1 is 0.784 bits per heavy atom. The van der Waals surface area contributed by atoms with E-state index >= 15 is 0 Å². The molecule has 0 saturated heterocycles. The first-order valence-corrected chi connectivity index (χ1v) is 11.3. The molecule has 0 amide bonds. The van der Waals surface area contributed by atoms with Gasteiger partial charge in [-0.2, -0.15) is 4.98 Å². The van der Waals surface area contributed by atoms with Crippen molar-refractivity contribution in [2.75, 3.05) is 0 Å². The van der Waals surface area contributed by atoms with E-state index in [1.807, 2.05) is 30.3 Å². The predicted molar refractivity (Wildman–Crippen MR) is 135 cm³/mol. The van der Waals surface area contributed by atoms with E-state index in [0.717, 1.165) is 16.7 Å². The number of pyridine rings is 1. The van der Waals surface area contributed by atoms with Crippen molar-refractivity contribution < 1.29 is 28.2 Å². The van der Waals surface area contributed by atoms with Gasteiger partial charge in [-0.1, -0.05) is 54.6 Å². The number of hydrogen-bond acceptors (Lipinski definition) is 5. The number of ether oxygens (including phenoxy) is 2. The average molecular weight is 498 g/mol. The monoisotopic (exact) mass is 498 g/mol. The zero-order valence-corrected chi connectivity index (χ0v) is 19.3. The van der Waals surface area contributed by atoms with Crippen molar-refractivity contribution in [2.24, 2.45) is 5.73 Å². The van der Waals surface area contributed by atoms with Crippen LogP contribution in [0.5, 0.6) is 23.3 Å². The summed E-state index contributed by atoms with van der Waals surface area (Å²) < 4.78 is 40.4. The molecule has 184 valence electrons. The Bertz CT molecular complexity index is 1640. The third kappa shape index (κ3) is 5.10. The van der Waals surface area contributed by atoms with E-state index in [1.54, 1.807) is 42.5 Å². The number of benzene rings is 4. The molecule has 37 heavy (non-hydrogen) atoms. The van der Waals surface area contributed by atoms with Crippen LogP contribution in [0.3, 0.4) is 0 Å². The highest BCUT2D eigenvalue weighted by molar-refractivity contribution is 5.97. The van der Waals surface area contributed by atoms with E-state index in [1.165, 1.54) is 12.1 Å². The van der Waals surface area contributed by atoms with Crippen LogP contribution in [0.2, 0.25) is 0 Å². The summed E-state index contributed by atoms with van der Waals surface area (Å²) >= 11 is 0. The number of carboxylic acid groups (broad SMARTS) is 1. The molecule has 0 unspecified atom stereocenters. The summed E-state index contributed by atoms with van der Waals surface area (Å²) in [7, 11) is 0. The van der Waals surface area contributed by atoms with Gasteiger partial charge in [-0.05, 0) is 57.8 Å². The van der Waals surface area contributed by atoms with Crippen molar-refractivity contribution in [3.8, 4) is 34.4 Å². The van der Waals surface area contributed by atoms with Crippen LogP contribution < -0.4 is 15.2 Å². The number of rotatable bonds is 7. The minimum absolute atomic E-state index is 0.142. The van der Waals surface area contributed by atoms with E-state index in [4.69, 9.17) is 15.2 Å². The number of nitrogens with zero attached hydrogens (tertiary/aromatic N) is 1. The maximum Gasteiger partial charge on any atom is 0.339 e. The summed E-state index contributed by atoms with van der Waals surface area (Å²) in [5, 5.41) is 11.0. The standard InChI is InChI=1S/C29H20F2N2O4/c30-24-15-25(31)28(37-26-14-21-7-2-1-6-20(21)13-23(26)29(34)35)33-27(24)36-22-10-4-9-19(12-22)18-8-3-5-17(11-18)16-32/h1-15H,16,32H2,(H,34,35). The molecule has 0 aliphatic rings. The molecule has 6 nitrogen and oxygen atoms in total. The second kappa shape index (κ2) is 10.0. The van der Waals surface area contributed by atoms with E-state index < -0.39 is 29.4 Å². The average Bonchev–Trinajstić information content (AvgIpc) is 2.91. The molecule has 1 aromatic heterocycles. The van der Waals surface area contributed by atoms with Crippen molar-refractivity contribution >= 4 is 16.7 Å². The fraction of sp³-hybridized carbons (Fsp3) is 0.0345. The number of hydrogen-bond donors (Lipinski definition) is 2. The Morgan fingerprint density at radius 3 is 2.14 bits per heavy atom. The lowest BCUT2D eigenvalue weighted by atomic mass is 10.0. The van der Waals surface area contributed by atoms with Gasteiger partial charge in [0.2, 0.25) is 0 Å². The Morgan fingerprint density at radius 2 is 1.43 bits per heavy atom. The van der Waals surface area contributed by atoms with Gasteiger partial charge in [0.15, 0.2) is 11.6 Å². The molecular formula is C29H20F2N2O4. The van der Waals surface area contributed by atoms with Gasteiger partial charge in [0.05, 0.1) is 0 Å². The van der Waals surface area contributed by atoms with Crippen LogP contribution in [-0.4, -0.2) is 16.1 Å². The molecule has 0 fully saturated rings. The molecular weight excluding hydrogens is 478 g/mol. The Balaban J connectivity index is 1.48. The Labute approximate surface area is 210 Å². The van der Waals surface area contributed by atoms with Gasteiger partial charge >= 0.3 is 5.97 Å². The molecule has 4 aromatic carbocycles. The van der Waals surface area contributed by atoms with Gasteiger partial charge in [-0.15, -0.1) is 0 Å². The van der Waals surface area contributed by atoms with Crippen molar-refractivity contribution in [1.82, 2.24) is 4.98 Å². The fourth-order valence-electron chi connectivity index (χ4n) is 3.88. The van der Waals surface area contributed by atoms with Crippen molar-refractivity contribution in [2.45, 2.75) is 6.54 Å². The fourth-order valence-corrected chi connectivity index (χ4v) is 3.88. The predicted octanol–water partition coefficient (Wildman–Crippen LogP) is 6.92. The number of fused-ring (bicyclic) bond motifs is 1. The quantitative estimate of drug-likeness (QED) is 0.253. The Hall–Kier alpha value is -4.82. The van der Waals surface area contributed by atoms with Crippen LogP contribution in [0.1, 0.15) is 15.9 Å². The number of aromatic nitrogens is 1. The summed E-state index contributed by atoms with van der Waals surface area (Å²) in [6, 6.07) is 25.0. The highest BCUT2D eigenvalue weighted by Gasteiger charge is 2.20. The molecule has 0 aliphatic carbocycles. The molecule has 3 N–H and O–H groups in total. The van der Waals surface area contributed by atoms with Gasteiger partial charge in [0, 0.05) is 12.6 Å². The summed E-state index contributed by atoms with van der Waals surface area (Å²) in [5.41, 5.74) is 8.18. The normalized spacial score (nSPS) is 10.9. The first-order valence-electron chi connectivity index (χ1n) is 11.3. The molecule has 8 heteroatoms. The molecule has 1 heterocycles. The van der Waals surface area contributed by atoms with E-state index in [2.05, 4.69) is 4.98 Å². The number of nitrogens with two attached hydrogens (primary N) is 1. The largest absolute Gasteiger partial charge is 0.478 e. The zero-order chi connectivity index (χ0) is 25.9. The van der Waals surface area contributed by atoms with Crippen LogP contribution in [0.4, 0.5) is 8.78 Å². The van der Waals surface area contributed by atoms with Gasteiger partial charge in [0.1, 0.15) is 17.1 Å². The third-order valence-corrected chi connectivity index (χ3v) is 5.69. The third-order valence-electron chi connectivity index (χ3n) is 5.69. The SMILES string of the molecule is NCc1cccc(-c2cccc(Oc3nc(Oc4cc5ccccc5cc4C(=O)O)c(F)cc3F)c2)c1. The summed E-state index contributed by atoms with van der Waals surface area (Å²) in [6.45, 7) is 0.387. The first kappa shape index (κ1) is 23.9. The van der Waals surface area contributed by atoms with Gasteiger partial charge in [-0.25, -0.2) is 13.6 Å². The molecule has 0 bridgehead atoms. The van der Waals surface area contributed by atoms with E-state index in [9.17, 15) is 18.7 Å². The number of aromatic carboxylic acids is 1. The lowest BCUT2D eigenvalue weighted by molar-refractivity contribution is 0.0694. The zero-order valence-electron chi connectivity index (χ0n) is 19.3. The van der Waals surface area contributed by atoms with Crippen LogP contribution in [0, 0.1) is 11.6 Å². The maximum atomic E-state index is 14.6. The van der Waals surface area contributed by atoms with Gasteiger partial charge < -0.3 is 20.3 Å². The highest BCUT2D eigenvalue weighted by atomic mass is 19.1.